The monoisotopic (exact) mass is 280 g/mol. The number of hydrogen-bond acceptors (Lipinski definition) is 4. The molecule has 7 heteroatoms. The Bertz CT molecular complexity index is 624. The Hall–Kier alpha value is -2.08. The molecule has 0 spiro atoms. The average molecular weight is 281 g/mol. The number of nitrogens with zero attached hydrogens (tertiary/aromatic N) is 3. The molecule has 2 aromatic heterocycles. The van der Waals surface area contributed by atoms with E-state index in [2.05, 4.69) is 15.4 Å². The first-order valence-electron chi connectivity index (χ1n) is 5.60. The van der Waals surface area contributed by atoms with Crippen LogP contribution in [0.1, 0.15) is 21.6 Å². The molecule has 0 saturated carbocycles. The largest absolute Gasteiger partial charge is 0.478 e. The SMILES string of the molecule is Cc1nn(C)cc1CNc1nccc(C(=O)O)c1Cl. The zero-order chi connectivity index (χ0) is 14.0. The number of carboxylic acids is 1. The number of hydrogen-bond donors (Lipinski definition) is 2. The van der Waals surface area contributed by atoms with Crippen LogP contribution in [0.4, 0.5) is 5.82 Å². The van der Waals surface area contributed by atoms with Crippen LogP contribution in [0.3, 0.4) is 0 Å². The van der Waals surface area contributed by atoms with E-state index in [0.717, 1.165) is 11.3 Å². The summed E-state index contributed by atoms with van der Waals surface area (Å²) >= 11 is 5.99. The molecule has 0 saturated heterocycles. The Morgan fingerprint density at radius 3 is 2.89 bits per heavy atom. The van der Waals surface area contributed by atoms with Crippen LogP contribution in [-0.4, -0.2) is 25.8 Å². The summed E-state index contributed by atoms with van der Waals surface area (Å²) < 4.78 is 1.72. The molecule has 0 aromatic carbocycles. The first-order chi connectivity index (χ1) is 8.99. The highest BCUT2D eigenvalue weighted by Gasteiger charge is 2.13. The van der Waals surface area contributed by atoms with Crippen molar-refractivity contribution < 1.29 is 9.90 Å². The van der Waals surface area contributed by atoms with E-state index in [-0.39, 0.29) is 10.6 Å². The summed E-state index contributed by atoms with van der Waals surface area (Å²) in [5.74, 6) is -0.724. The molecule has 0 atom stereocenters. The summed E-state index contributed by atoms with van der Waals surface area (Å²) in [7, 11) is 1.84. The zero-order valence-corrected chi connectivity index (χ0v) is 11.3. The molecule has 0 unspecified atom stereocenters. The number of aryl methyl sites for hydroxylation is 2. The van der Waals surface area contributed by atoms with Crippen molar-refractivity contribution in [2.24, 2.45) is 7.05 Å². The van der Waals surface area contributed by atoms with Gasteiger partial charge in [-0.15, -0.1) is 0 Å². The molecule has 0 aliphatic carbocycles. The normalized spacial score (nSPS) is 10.5. The smallest absolute Gasteiger partial charge is 0.337 e. The van der Waals surface area contributed by atoms with Crippen molar-refractivity contribution in [1.82, 2.24) is 14.8 Å². The van der Waals surface area contributed by atoms with Crippen LogP contribution in [0, 0.1) is 6.92 Å². The Morgan fingerprint density at radius 1 is 1.58 bits per heavy atom. The van der Waals surface area contributed by atoms with Gasteiger partial charge in [-0.3, -0.25) is 4.68 Å². The van der Waals surface area contributed by atoms with Gasteiger partial charge in [0, 0.05) is 31.5 Å². The van der Waals surface area contributed by atoms with E-state index in [0.29, 0.717) is 12.4 Å². The van der Waals surface area contributed by atoms with Crippen molar-refractivity contribution >= 4 is 23.4 Å². The molecule has 2 heterocycles. The van der Waals surface area contributed by atoms with Gasteiger partial charge in [-0.25, -0.2) is 9.78 Å². The van der Waals surface area contributed by atoms with E-state index in [1.165, 1.54) is 12.3 Å². The third-order valence-electron chi connectivity index (χ3n) is 2.68. The van der Waals surface area contributed by atoms with Gasteiger partial charge in [0.1, 0.15) is 5.82 Å². The Kier molecular flexibility index (Phi) is 3.71. The Labute approximate surface area is 115 Å². The molecule has 0 radical (unpaired) electrons. The highest BCUT2D eigenvalue weighted by atomic mass is 35.5. The number of pyridine rings is 1. The predicted molar refractivity (Wildman–Crippen MR) is 71.5 cm³/mol. The standard InChI is InChI=1S/C12H13ClN4O2/c1-7-8(6-17(2)16-7)5-15-11-10(13)9(12(18)19)3-4-14-11/h3-4,6H,5H2,1-2H3,(H,14,15)(H,18,19). The number of aromatic carboxylic acids is 1. The summed E-state index contributed by atoms with van der Waals surface area (Å²) in [5, 5.41) is 16.3. The Balaban J connectivity index is 2.18. The zero-order valence-electron chi connectivity index (χ0n) is 10.5. The lowest BCUT2D eigenvalue weighted by Crippen LogP contribution is -2.06. The van der Waals surface area contributed by atoms with E-state index >= 15 is 0 Å². The van der Waals surface area contributed by atoms with Gasteiger partial charge in [0.25, 0.3) is 0 Å². The predicted octanol–water partition coefficient (Wildman–Crippen LogP) is 2.09. The number of anilines is 1. The lowest BCUT2D eigenvalue weighted by molar-refractivity contribution is 0.0697. The Morgan fingerprint density at radius 2 is 2.32 bits per heavy atom. The summed E-state index contributed by atoms with van der Waals surface area (Å²) in [6.45, 7) is 2.38. The van der Waals surface area contributed by atoms with Crippen molar-refractivity contribution in [1.29, 1.82) is 0 Å². The molecule has 0 amide bonds. The molecule has 19 heavy (non-hydrogen) atoms. The van der Waals surface area contributed by atoms with Gasteiger partial charge in [-0.05, 0) is 13.0 Å². The quantitative estimate of drug-likeness (QED) is 0.896. The van der Waals surface area contributed by atoms with Crippen molar-refractivity contribution in [3.8, 4) is 0 Å². The van der Waals surface area contributed by atoms with Crippen LogP contribution in [0.25, 0.3) is 0 Å². The molecule has 0 aliphatic heterocycles. The van der Waals surface area contributed by atoms with Crippen LogP contribution in [0.2, 0.25) is 5.02 Å². The highest BCUT2D eigenvalue weighted by molar-refractivity contribution is 6.35. The van der Waals surface area contributed by atoms with Crippen molar-refractivity contribution in [3.05, 3.63) is 40.3 Å². The summed E-state index contributed by atoms with van der Waals surface area (Å²) in [6.07, 6.45) is 3.30. The number of nitrogens with one attached hydrogen (secondary N) is 1. The number of rotatable bonds is 4. The maximum Gasteiger partial charge on any atom is 0.337 e. The second-order valence-electron chi connectivity index (χ2n) is 4.09. The lowest BCUT2D eigenvalue weighted by Gasteiger charge is -2.08. The van der Waals surface area contributed by atoms with Gasteiger partial charge in [0.05, 0.1) is 16.3 Å². The molecule has 2 aromatic rings. The molecular formula is C12H13ClN4O2. The molecule has 0 bridgehead atoms. The third kappa shape index (κ3) is 2.85. The third-order valence-corrected chi connectivity index (χ3v) is 3.06. The summed E-state index contributed by atoms with van der Waals surface area (Å²) in [5.41, 5.74) is 1.93. The second kappa shape index (κ2) is 5.27. The maximum atomic E-state index is 11.0. The molecule has 100 valence electrons. The summed E-state index contributed by atoms with van der Waals surface area (Å²) in [6, 6.07) is 1.37. The minimum absolute atomic E-state index is 0.0297. The van der Waals surface area contributed by atoms with Gasteiger partial charge in [-0.1, -0.05) is 11.6 Å². The van der Waals surface area contributed by atoms with E-state index in [1.807, 2.05) is 20.2 Å². The van der Waals surface area contributed by atoms with Gasteiger partial charge in [-0.2, -0.15) is 5.10 Å². The van der Waals surface area contributed by atoms with Crippen molar-refractivity contribution in [2.75, 3.05) is 5.32 Å². The lowest BCUT2D eigenvalue weighted by atomic mass is 10.2. The van der Waals surface area contributed by atoms with Gasteiger partial charge >= 0.3 is 5.97 Å². The number of aromatic nitrogens is 3. The van der Waals surface area contributed by atoms with E-state index in [9.17, 15) is 4.79 Å². The molecule has 2 N–H and O–H groups in total. The van der Waals surface area contributed by atoms with Crippen LogP contribution >= 0.6 is 11.6 Å². The van der Waals surface area contributed by atoms with Crippen LogP contribution in [0.15, 0.2) is 18.5 Å². The topological polar surface area (TPSA) is 80.0 Å². The van der Waals surface area contributed by atoms with Crippen molar-refractivity contribution in [3.63, 3.8) is 0 Å². The molecule has 0 aliphatic rings. The molecule has 2 rings (SSSR count). The number of carboxylic acid groups (broad SMARTS) is 1. The van der Waals surface area contributed by atoms with Crippen LogP contribution in [-0.2, 0) is 13.6 Å². The maximum absolute atomic E-state index is 11.0. The molecule has 0 fully saturated rings. The number of carbonyl (C=O) groups is 1. The minimum atomic E-state index is -1.08. The average Bonchev–Trinajstić information content (AvgIpc) is 2.66. The number of halogens is 1. The van der Waals surface area contributed by atoms with Crippen LogP contribution in [0.5, 0.6) is 0 Å². The van der Waals surface area contributed by atoms with E-state index in [1.54, 1.807) is 4.68 Å². The fourth-order valence-corrected chi connectivity index (χ4v) is 1.99. The molecular weight excluding hydrogens is 268 g/mol. The minimum Gasteiger partial charge on any atom is -0.478 e. The fourth-order valence-electron chi connectivity index (χ4n) is 1.73. The first-order valence-corrected chi connectivity index (χ1v) is 5.97. The second-order valence-corrected chi connectivity index (χ2v) is 4.47. The molecule has 6 nitrogen and oxygen atoms in total. The van der Waals surface area contributed by atoms with E-state index < -0.39 is 5.97 Å². The van der Waals surface area contributed by atoms with Gasteiger partial charge in [0.15, 0.2) is 0 Å². The first kappa shape index (κ1) is 13.4. The van der Waals surface area contributed by atoms with Gasteiger partial charge < -0.3 is 10.4 Å². The summed E-state index contributed by atoms with van der Waals surface area (Å²) in [4.78, 5) is 15.0. The highest BCUT2D eigenvalue weighted by Crippen LogP contribution is 2.24. The van der Waals surface area contributed by atoms with Gasteiger partial charge in [0.2, 0.25) is 0 Å². The van der Waals surface area contributed by atoms with E-state index in [4.69, 9.17) is 16.7 Å². The van der Waals surface area contributed by atoms with Crippen LogP contribution < -0.4 is 5.32 Å². The fraction of sp³-hybridized carbons (Fsp3) is 0.250. The van der Waals surface area contributed by atoms with Crippen molar-refractivity contribution in [2.45, 2.75) is 13.5 Å².